The van der Waals surface area contributed by atoms with E-state index in [0.29, 0.717) is 34.3 Å². The lowest BCUT2D eigenvalue weighted by Gasteiger charge is -1.98. The van der Waals surface area contributed by atoms with Crippen LogP contribution < -0.4 is 0 Å². The first-order valence-corrected chi connectivity index (χ1v) is 7.33. The number of rotatable bonds is 3. The molecule has 4 rings (SSSR count). The number of hydrogen-bond acceptors (Lipinski definition) is 4. The van der Waals surface area contributed by atoms with Crippen LogP contribution in [-0.2, 0) is 0 Å². The van der Waals surface area contributed by atoms with E-state index in [1.807, 2.05) is 24.3 Å². The van der Waals surface area contributed by atoms with Gasteiger partial charge in [-0.3, -0.25) is 4.79 Å². The minimum atomic E-state index is 0.305. The van der Waals surface area contributed by atoms with Crippen molar-refractivity contribution < 1.29 is 13.6 Å². The molecule has 0 aliphatic carbocycles. The molecule has 0 saturated carbocycles. The van der Waals surface area contributed by atoms with Crippen LogP contribution in [0.2, 0.25) is 5.02 Å². The topological polar surface area (TPSA) is 56.2 Å². The van der Waals surface area contributed by atoms with Gasteiger partial charge in [-0.05, 0) is 42.5 Å². The molecule has 2 aromatic heterocycles. The molecule has 0 bridgehead atoms. The first-order valence-electron chi connectivity index (χ1n) is 6.95. The van der Waals surface area contributed by atoms with Crippen molar-refractivity contribution in [3.05, 3.63) is 65.4 Å². The first-order chi connectivity index (χ1) is 11.2. The van der Waals surface area contributed by atoms with E-state index in [0.717, 1.165) is 16.6 Å². The monoisotopic (exact) mass is 323 g/mol. The van der Waals surface area contributed by atoms with Crippen LogP contribution >= 0.6 is 11.6 Å². The van der Waals surface area contributed by atoms with Crippen LogP contribution in [0.4, 0.5) is 0 Å². The summed E-state index contributed by atoms with van der Waals surface area (Å²) in [5.74, 6) is 1.48. The predicted octanol–water partition coefficient (Wildman–Crippen LogP) is 5.22. The van der Waals surface area contributed by atoms with Crippen LogP contribution in [0.5, 0.6) is 0 Å². The van der Waals surface area contributed by atoms with Crippen molar-refractivity contribution in [2.45, 2.75) is 0 Å². The molecule has 2 heterocycles. The highest BCUT2D eigenvalue weighted by atomic mass is 35.5. The summed E-state index contributed by atoms with van der Waals surface area (Å²) in [5.41, 5.74) is 3.14. The van der Waals surface area contributed by atoms with Gasteiger partial charge in [0, 0.05) is 16.1 Å². The Morgan fingerprint density at radius 1 is 0.913 bits per heavy atom. The van der Waals surface area contributed by atoms with Crippen LogP contribution in [0.25, 0.3) is 33.9 Å². The lowest BCUT2D eigenvalue weighted by atomic mass is 10.1. The number of carbonyl (C=O) groups is 1. The predicted molar refractivity (Wildman–Crippen MR) is 87.5 cm³/mol. The van der Waals surface area contributed by atoms with Gasteiger partial charge < -0.3 is 8.83 Å². The Hall–Kier alpha value is -2.85. The van der Waals surface area contributed by atoms with Crippen molar-refractivity contribution in [2.75, 3.05) is 0 Å². The van der Waals surface area contributed by atoms with E-state index in [1.165, 1.54) is 0 Å². The van der Waals surface area contributed by atoms with E-state index in [2.05, 4.69) is 4.98 Å². The van der Waals surface area contributed by atoms with Gasteiger partial charge in [0.2, 0.25) is 5.89 Å². The zero-order valence-electron chi connectivity index (χ0n) is 11.8. The van der Waals surface area contributed by atoms with Gasteiger partial charge in [-0.15, -0.1) is 0 Å². The molecule has 0 unspecified atom stereocenters. The van der Waals surface area contributed by atoms with Crippen molar-refractivity contribution in [3.63, 3.8) is 0 Å². The quantitative estimate of drug-likeness (QED) is 0.485. The molecule has 0 saturated heterocycles. The summed E-state index contributed by atoms with van der Waals surface area (Å²) in [4.78, 5) is 15.1. The second-order valence-corrected chi connectivity index (χ2v) is 5.46. The van der Waals surface area contributed by atoms with E-state index < -0.39 is 0 Å². The molecule has 4 nitrogen and oxygen atoms in total. The lowest BCUT2D eigenvalue weighted by molar-refractivity contribution is 0.110. The number of aromatic nitrogens is 1. The third-order valence-electron chi connectivity index (χ3n) is 3.51. The van der Waals surface area contributed by atoms with Crippen molar-refractivity contribution >= 4 is 29.0 Å². The van der Waals surface area contributed by atoms with Gasteiger partial charge >= 0.3 is 0 Å². The Bertz CT molecular complexity index is 999. The molecule has 23 heavy (non-hydrogen) atoms. The largest absolute Gasteiger partial charge is 0.453 e. The van der Waals surface area contributed by atoms with Gasteiger partial charge in [-0.2, -0.15) is 0 Å². The number of benzene rings is 2. The summed E-state index contributed by atoms with van der Waals surface area (Å²) in [5, 5.41) is 0.622. The Morgan fingerprint density at radius 2 is 1.70 bits per heavy atom. The fourth-order valence-corrected chi connectivity index (χ4v) is 2.54. The molecule has 0 atom stereocenters. The van der Waals surface area contributed by atoms with Crippen molar-refractivity contribution in [1.29, 1.82) is 0 Å². The number of carbonyl (C=O) groups excluding carboxylic acids is 1. The number of hydrogen-bond donors (Lipinski definition) is 0. The fourth-order valence-electron chi connectivity index (χ4n) is 2.37. The highest BCUT2D eigenvalue weighted by Gasteiger charge is 2.10. The van der Waals surface area contributed by atoms with Gasteiger partial charge in [0.1, 0.15) is 11.3 Å². The molecule has 0 amide bonds. The van der Waals surface area contributed by atoms with E-state index in [-0.39, 0.29) is 0 Å². The van der Waals surface area contributed by atoms with E-state index in [9.17, 15) is 4.79 Å². The molecule has 0 N–H and O–H groups in total. The summed E-state index contributed by atoms with van der Waals surface area (Å²) < 4.78 is 11.1. The van der Waals surface area contributed by atoms with Gasteiger partial charge in [0.25, 0.3) is 0 Å². The molecular formula is C18H10ClNO3. The Labute approximate surface area is 136 Å². The van der Waals surface area contributed by atoms with Crippen molar-refractivity contribution in [2.24, 2.45) is 0 Å². The third-order valence-corrected chi connectivity index (χ3v) is 3.74. The van der Waals surface area contributed by atoms with E-state index >= 15 is 0 Å². The second kappa shape index (κ2) is 5.41. The molecule has 5 heteroatoms. The number of nitrogens with zero attached hydrogens (tertiary/aromatic N) is 1. The molecule has 112 valence electrons. The normalized spacial score (nSPS) is 11.0. The van der Waals surface area contributed by atoms with Crippen LogP contribution in [0.1, 0.15) is 10.6 Å². The maximum atomic E-state index is 10.7. The van der Waals surface area contributed by atoms with E-state index in [1.54, 1.807) is 30.3 Å². The molecule has 4 aromatic rings. The smallest absolute Gasteiger partial charge is 0.227 e. The average Bonchev–Trinajstić information content (AvgIpc) is 3.21. The van der Waals surface area contributed by atoms with Crippen LogP contribution in [0, 0.1) is 0 Å². The maximum Gasteiger partial charge on any atom is 0.227 e. The summed E-state index contributed by atoms with van der Waals surface area (Å²) in [6.45, 7) is 0. The lowest BCUT2D eigenvalue weighted by Crippen LogP contribution is -1.79. The Kier molecular flexibility index (Phi) is 3.24. The Morgan fingerprint density at radius 3 is 2.43 bits per heavy atom. The molecule has 0 aliphatic heterocycles. The summed E-state index contributed by atoms with van der Waals surface area (Å²) in [6, 6.07) is 16.3. The van der Waals surface area contributed by atoms with Gasteiger partial charge in [0.05, 0.1) is 0 Å². The van der Waals surface area contributed by atoms with E-state index in [4.69, 9.17) is 20.4 Å². The van der Waals surface area contributed by atoms with Crippen molar-refractivity contribution in [3.8, 4) is 22.8 Å². The number of furan rings is 1. The SMILES string of the molecule is O=Cc1ccc(-c2ccc(-c3nc4cc(Cl)ccc4o3)cc2)o1. The number of halogens is 1. The van der Waals surface area contributed by atoms with Crippen LogP contribution in [0.15, 0.2) is 63.4 Å². The second-order valence-electron chi connectivity index (χ2n) is 5.03. The molecule has 0 spiro atoms. The van der Waals surface area contributed by atoms with Crippen LogP contribution in [0.3, 0.4) is 0 Å². The minimum absolute atomic E-state index is 0.305. The molecule has 0 radical (unpaired) electrons. The van der Waals surface area contributed by atoms with Gasteiger partial charge in [-0.25, -0.2) is 4.98 Å². The summed E-state index contributed by atoms with van der Waals surface area (Å²) in [7, 11) is 0. The average molecular weight is 324 g/mol. The molecular weight excluding hydrogens is 314 g/mol. The maximum absolute atomic E-state index is 10.7. The molecule has 0 aliphatic rings. The fraction of sp³-hybridized carbons (Fsp3) is 0. The zero-order valence-corrected chi connectivity index (χ0v) is 12.6. The third kappa shape index (κ3) is 2.53. The Balaban J connectivity index is 1.70. The number of fused-ring (bicyclic) bond motifs is 1. The molecule has 0 fully saturated rings. The zero-order chi connectivity index (χ0) is 15.8. The summed E-state index contributed by atoms with van der Waals surface area (Å²) >= 11 is 5.96. The highest BCUT2D eigenvalue weighted by molar-refractivity contribution is 6.31. The van der Waals surface area contributed by atoms with Gasteiger partial charge in [-0.1, -0.05) is 23.7 Å². The summed E-state index contributed by atoms with van der Waals surface area (Å²) in [6.07, 6.45) is 0.682. The van der Waals surface area contributed by atoms with Crippen LogP contribution in [-0.4, -0.2) is 11.3 Å². The first kappa shape index (κ1) is 13.8. The minimum Gasteiger partial charge on any atom is -0.453 e. The number of aldehydes is 1. The van der Waals surface area contributed by atoms with Gasteiger partial charge in [0.15, 0.2) is 17.6 Å². The standard InChI is InChI=1S/C18H10ClNO3/c19-13-5-7-17-15(9-13)20-18(23-17)12-3-1-11(2-4-12)16-8-6-14(10-21)22-16/h1-10H. The highest BCUT2D eigenvalue weighted by Crippen LogP contribution is 2.28. The number of oxazole rings is 1. The molecule has 2 aromatic carbocycles. The van der Waals surface area contributed by atoms with Crippen molar-refractivity contribution in [1.82, 2.24) is 4.98 Å².